The van der Waals surface area contributed by atoms with E-state index >= 15 is 0 Å². The van der Waals surface area contributed by atoms with Crippen molar-refractivity contribution in [1.82, 2.24) is 4.98 Å². The van der Waals surface area contributed by atoms with Gasteiger partial charge in [-0.05, 0) is 24.5 Å². The number of hydrogen-bond donors (Lipinski definition) is 1. The highest BCUT2D eigenvalue weighted by molar-refractivity contribution is 5.97. The molecule has 0 radical (unpaired) electrons. The van der Waals surface area contributed by atoms with E-state index in [1.807, 2.05) is 50.4 Å². The number of aryl methyl sites for hydroxylation is 1. The van der Waals surface area contributed by atoms with E-state index in [2.05, 4.69) is 4.98 Å². The van der Waals surface area contributed by atoms with Gasteiger partial charge in [-0.3, -0.25) is 9.78 Å². The number of aromatic nitrogens is 1. The summed E-state index contributed by atoms with van der Waals surface area (Å²) in [6.45, 7) is 3.84. The van der Waals surface area contributed by atoms with Gasteiger partial charge in [-0.15, -0.1) is 0 Å². The van der Waals surface area contributed by atoms with Crippen LogP contribution in [0.5, 0.6) is 0 Å². The van der Waals surface area contributed by atoms with Crippen LogP contribution in [0.3, 0.4) is 0 Å². The molecule has 1 aromatic heterocycles. The third-order valence-corrected chi connectivity index (χ3v) is 3.06. The van der Waals surface area contributed by atoms with E-state index in [-0.39, 0.29) is 0 Å². The summed E-state index contributed by atoms with van der Waals surface area (Å²) in [6.07, 6.45) is 2.57. The van der Waals surface area contributed by atoms with Crippen molar-refractivity contribution in [1.29, 1.82) is 0 Å². The highest BCUT2D eigenvalue weighted by Gasteiger charge is 2.16. The Hall–Kier alpha value is -2.16. The number of pyridine rings is 1. The van der Waals surface area contributed by atoms with Gasteiger partial charge in [-0.1, -0.05) is 37.3 Å². The first kappa shape index (κ1) is 12.3. The first-order valence-corrected chi connectivity index (χ1v) is 5.98. The molecule has 2 aromatic rings. The molecule has 18 heavy (non-hydrogen) atoms. The molecule has 92 valence electrons. The minimum absolute atomic E-state index is 0.408. The Labute approximate surface area is 107 Å². The number of benzene rings is 1. The molecule has 1 heterocycles. The van der Waals surface area contributed by atoms with E-state index in [4.69, 9.17) is 5.73 Å². The Balaban J connectivity index is 2.70. The molecule has 0 aliphatic rings. The molecule has 0 bridgehead atoms. The normalized spacial score (nSPS) is 10.3. The first-order chi connectivity index (χ1) is 8.65. The molecule has 3 heteroatoms. The van der Waals surface area contributed by atoms with Gasteiger partial charge in [0.05, 0.1) is 11.3 Å². The molecular weight excluding hydrogens is 224 g/mol. The highest BCUT2D eigenvalue weighted by Crippen LogP contribution is 2.27. The number of primary amides is 1. The quantitative estimate of drug-likeness (QED) is 0.896. The summed E-state index contributed by atoms with van der Waals surface area (Å²) in [6, 6.07) is 9.93. The van der Waals surface area contributed by atoms with Crippen molar-refractivity contribution in [3.63, 3.8) is 0 Å². The zero-order chi connectivity index (χ0) is 13.1. The van der Waals surface area contributed by atoms with E-state index in [1.54, 1.807) is 0 Å². The first-order valence-electron chi connectivity index (χ1n) is 5.98. The molecule has 0 atom stereocenters. The maximum atomic E-state index is 11.6. The van der Waals surface area contributed by atoms with Crippen LogP contribution in [0, 0.1) is 6.92 Å². The maximum Gasteiger partial charge on any atom is 0.250 e. The van der Waals surface area contributed by atoms with Gasteiger partial charge < -0.3 is 5.73 Å². The van der Waals surface area contributed by atoms with Gasteiger partial charge >= 0.3 is 0 Å². The summed E-state index contributed by atoms with van der Waals surface area (Å²) < 4.78 is 0. The smallest absolute Gasteiger partial charge is 0.250 e. The largest absolute Gasteiger partial charge is 0.366 e. The maximum absolute atomic E-state index is 11.6. The van der Waals surface area contributed by atoms with Crippen molar-refractivity contribution in [3.8, 4) is 11.1 Å². The molecule has 0 saturated heterocycles. The Morgan fingerprint density at radius 2 is 1.94 bits per heavy atom. The van der Waals surface area contributed by atoms with Crippen LogP contribution in [-0.2, 0) is 6.42 Å². The highest BCUT2D eigenvalue weighted by atomic mass is 16.1. The van der Waals surface area contributed by atoms with Gasteiger partial charge in [0.1, 0.15) is 0 Å². The average Bonchev–Trinajstić information content (AvgIpc) is 2.38. The fraction of sp³-hybridized carbons (Fsp3) is 0.200. The van der Waals surface area contributed by atoms with Crippen molar-refractivity contribution in [3.05, 3.63) is 53.3 Å². The van der Waals surface area contributed by atoms with Crippen molar-refractivity contribution in [2.45, 2.75) is 20.3 Å². The van der Waals surface area contributed by atoms with Crippen LogP contribution in [0.25, 0.3) is 11.1 Å². The second-order valence-electron chi connectivity index (χ2n) is 4.19. The Morgan fingerprint density at radius 1 is 1.28 bits per heavy atom. The molecule has 1 amide bonds. The standard InChI is InChI=1S/C15H16N2O/c1-3-12-13(11-7-5-4-6-8-11)9-17-10(2)14(12)15(16)18/h4-9H,3H2,1-2H3,(H2,16,18). The van der Waals surface area contributed by atoms with Gasteiger partial charge in [0.25, 0.3) is 5.91 Å². The minimum atomic E-state index is -0.408. The Morgan fingerprint density at radius 3 is 2.50 bits per heavy atom. The van der Waals surface area contributed by atoms with Gasteiger partial charge in [-0.2, -0.15) is 0 Å². The Kier molecular flexibility index (Phi) is 3.42. The number of nitrogens with two attached hydrogens (primary N) is 1. The fourth-order valence-electron chi connectivity index (χ4n) is 2.22. The summed E-state index contributed by atoms with van der Waals surface area (Å²) in [7, 11) is 0. The number of carbonyl (C=O) groups excluding carboxylic acids is 1. The summed E-state index contributed by atoms with van der Waals surface area (Å²) in [4.78, 5) is 15.9. The van der Waals surface area contributed by atoms with Crippen LogP contribution in [-0.4, -0.2) is 10.9 Å². The summed E-state index contributed by atoms with van der Waals surface area (Å²) in [5.41, 5.74) is 9.72. The number of hydrogen-bond acceptors (Lipinski definition) is 2. The summed E-state index contributed by atoms with van der Waals surface area (Å²) >= 11 is 0. The predicted octanol–water partition coefficient (Wildman–Crippen LogP) is 2.72. The van der Waals surface area contributed by atoms with Crippen LogP contribution >= 0.6 is 0 Å². The van der Waals surface area contributed by atoms with Crippen molar-refractivity contribution < 1.29 is 4.79 Å². The Bertz CT molecular complexity index is 577. The van der Waals surface area contributed by atoms with Crippen LogP contribution < -0.4 is 5.73 Å². The van der Waals surface area contributed by atoms with Gasteiger partial charge in [0.2, 0.25) is 0 Å². The number of rotatable bonds is 3. The second-order valence-corrected chi connectivity index (χ2v) is 4.19. The van der Waals surface area contributed by atoms with Crippen molar-refractivity contribution >= 4 is 5.91 Å². The zero-order valence-corrected chi connectivity index (χ0v) is 10.6. The third-order valence-electron chi connectivity index (χ3n) is 3.06. The lowest BCUT2D eigenvalue weighted by molar-refractivity contribution is 0.0998. The number of carbonyl (C=O) groups is 1. The molecule has 0 spiro atoms. The van der Waals surface area contributed by atoms with Gasteiger partial charge in [0, 0.05) is 11.8 Å². The molecule has 3 nitrogen and oxygen atoms in total. The van der Waals surface area contributed by atoms with E-state index in [0.717, 1.165) is 23.1 Å². The molecule has 0 saturated carbocycles. The van der Waals surface area contributed by atoms with Crippen LogP contribution in [0.4, 0.5) is 0 Å². The zero-order valence-electron chi connectivity index (χ0n) is 10.6. The molecule has 2 rings (SSSR count). The SMILES string of the molecule is CCc1c(-c2ccccc2)cnc(C)c1C(N)=O. The predicted molar refractivity (Wildman–Crippen MR) is 72.3 cm³/mol. The summed E-state index contributed by atoms with van der Waals surface area (Å²) in [5, 5.41) is 0. The van der Waals surface area contributed by atoms with Gasteiger partial charge in [0.15, 0.2) is 0 Å². The van der Waals surface area contributed by atoms with Crippen molar-refractivity contribution in [2.24, 2.45) is 5.73 Å². The fourth-order valence-corrected chi connectivity index (χ4v) is 2.22. The van der Waals surface area contributed by atoms with E-state index in [0.29, 0.717) is 11.3 Å². The lowest BCUT2D eigenvalue weighted by atomic mass is 9.94. The topological polar surface area (TPSA) is 56.0 Å². The second kappa shape index (κ2) is 5.00. The van der Waals surface area contributed by atoms with E-state index in [1.165, 1.54) is 0 Å². The summed E-state index contributed by atoms with van der Waals surface area (Å²) in [5.74, 6) is -0.408. The van der Waals surface area contributed by atoms with Crippen LogP contribution in [0.2, 0.25) is 0 Å². The van der Waals surface area contributed by atoms with E-state index < -0.39 is 5.91 Å². The van der Waals surface area contributed by atoms with Crippen LogP contribution in [0.1, 0.15) is 28.5 Å². The minimum Gasteiger partial charge on any atom is -0.366 e. The average molecular weight is 240 g/mol. The van der Waals surface area contributed by atoms with E-state index in [9.17, 15) is 4.79 Å². The van der Waals surface area contributed by atoms with Crippen LogP contribution in [0.15, 0.2) is 36.5 Å². The molecule has 1 aromatic carbocycles. The molecule has 2 N–H and O–H groups in total. The molecule has 0 unspecified atom stereocenters. The number of amides is 1. The lowest BCUT2D eigenvalue weighted by Crippen LogP contribution is -2.17. The number of nitrogens with zero attached hydrogens (tertiary/aromatic N) is 1. The molecule has 0 fully saturated rings. The molecular formula is C15H16N2O. The van der Waals surface area contributed by atoms with Crippen molar-refractivity contribution in [2.75, 3.05) is 0 Å². The third kappa shape index (κ3) is 2.12. The molecule has 0 aliphatic heterocycles. The lowest BCUT2D eigenvalue weighted by Gasteiger charge is -2.13. The molecule has 0 aliphatic carbocycles. The van der Waals surface area contributed by atoms with Gasteiger partial charge in [-0.25, -0.2) is 0 Å². The monoisotopic (exact) mass is 240 g/mol.